The van der Waals surface area contributed by atoms with Gasteiger partial charge in [-0.05, 0) is 83.5 Å². The summed E-state index contributed by atoms with van der Waals surface area (Å²) in [5, 5.41) is 0. The zero-order valence-corrected chi connectivity index (χ0v) is 50.7. The van der Waals surface area contributed by atoms with Crippen molar-refractivity contribution in [3.05, 3.63) is 97.2 Å². The summed E-state index contributed by atoms with van der Waals surface area (Å²) in [5.41, 5.74) is 0. The standard InChI is InChI=1S/C71H122O6/c1-4-7-10-13-16-18-20-22-24-26-28-30-32-34-35-36-37-38-40-41-43-45-47-49-51-53-55-58-61-64-70(73)76-67-68(66-75-69(72)63-60-57-15-12-9-6-3)77-71(74)65-62-59-56-54-52-50-48-46-44-42-39-33-31-29-27-25-23-21-19-17-14-11-8-5-2/h7,10,16,18,22,24,28,30,34-35,37-38,41,43,47,49,68H,4-6,8-9,11-15,17,19-21,23,25-27,29,31-33,36,39-40,42,44-46,48,50-67H2,1-3H3/b10-7-,18-16-,24-22-,30-28-,35-34-,38-37-,43-41-,49-47-. The van der Waals surface area contributed by atoms with Crippen LogP contribution in [0, 0.1) is 0 Å². The molecule has 1 unspecified atom stereocenters. The van der Waals surface area contributed by atoms with E-state index >= 15 is 0 Å². The molecule has 0 N–H and O–H groups in total. The van der Waals surface area contributed by atoms with Gasteiger partial charge in [-0.25, -0.2) is 0 Å². The first-order valence-electron chi connectivity index (χ1n) is 32.7. The van der Waals surface area contributed by atoms with E-state index in [1.807, 2.05) is 0 Å². The Morgan fingerprint density at radius 3 is 0.792 bits per heavy atom. The maximum Gasteiger partial charge on any atom is 0.306 e. The summed E-state index contributed by atoms with van der Waals surface area (Å²) in [5.74, 6) is -0.908. The number of rotatable bonds is 59. The minimum Gasteiger partial charge on any atom is -0.462 e. The van der Waals surface area contributed by atoms with Gasteiger partial charge in [0.2, 0.25) is 0 Å². The first kappa shape index (κ1) is 73.3. The van der Waals surface area contributed by atoms with Gasteiger partial charge in [0, 0.05) is 19.3 Å². The van der Waals surface area contributed by atoms with Crippen LogP contribution in [0.2, 0.25) is 0 Å². The minimum atomic E-state index is -0.785. The molecule has 0 saturated carbocycles. The van der Waals surface area contributed by atoms with Gasteiger partial charge in [0.15, 0.2) is 6.10 Å². The fourth-order valence-corrected chi connectivity index (χ4v) is 9.23. The molecule has 442 valence electrons. The van der Waals surface area contributed by atoms with E-state index in [2.05, 4.69) is 118 Å². The fraction of sp³-hybridized carbons (Fsp3) is 0.732. The molecule has 1 atom stereocenters. The van der Waals surface area contributed by atoms with Crippen molar-refractivity contribution in [3.63, 3.8) is 0 Å². The van der Waals surface area contributed by atoms with E-state index in [0.29, 0.717) is 19.3 Å². The Morgan fingerprint density at radius 2 is 0.506 bits per heavy atom. The topological polar surface area (TPSA) is 78.9 Å². The third kappa shape index (κ3) is 63.0. The molecule has 0 rings (SSSR count). The number of unbranched alkanes of at least 4 members (excludes halogenated alkanes) is 32. The van der Waals surface area contributed by atoms with Gasteiger partial charge in [0.1, 0.15) is 13.2 Å². The summed E-state index contributed by atoms with van der Waals surface area (Å²) in [6, 6.07) is 0. The quantitative estimate of drug-likeness (QED) is 0.0261. The molecule has 0 aliphatic carbocycles. The molecule has 0 radical (unpaired) electrons. The van der Waals surface area contributed by atoms with Crippen molar-refractivity contribution in [2.45, 2.75) is 322 Å². The van der Waals surface area contributed by atoms with Crippen LogP contribution >= 0.6 is 0 Å². The molecule has 0 spiro atoms. The molecule has 0 aromatic rings. The van der Waals surface area contributed by atoms with Crippen LogP contribution in [0.3, 0.4) is 0 Å². The zero-order valence-electron chi connectivity index (χ0n) is 50.7. The van der Waals surface area contributed by atoms with E-state index in [1.165, 1.54) is 154 Å². The molecule has 0 aromatic carbocycles. The molecule has 0 bridgehead atoms. The lowest BCUT2D eigenvalue weighted by Crippen LogP contribution is -2.30. The van der Waals surface area contributed by atoms with Crippen LogP contribution < -0.4 is 0 Å². The summed E-state index contributed by atoms with van der Waals surface area (Å²) < 4.78 is 16.8. The van der Waals surface area contributed by atoms with Crippen molar-refractivity contribution >= 4 is 17.9 Å². The molecule has 0 aliphatic heterocycles. The van der Waals surface area contributed by atoms with E-state index < -0.39 is 6.10 Å². The van der Waals surface area contributed by atoms with Crippen molar-refractivity contribution in [1.29, 1.82) is 0 Å². The van der Waals surface area contributed by atoms with E-state index in [0.717, 1.165) is 122 Å². The smallest absolute Gasteiger partial charge is 0.306 e. The van der Waals surface area contributed by atoms with Crippen LogP contribution in [0.4, 0.5) is 0 Å². The van der Waals surface area contributed by atoms with Crippen molar-refractivity contribution in [2.24, 2.45) is 0 Å². The molecule has 0 amide bonds. The lowest BCUT2D eigenvalue weighted by molar-refractivity contribution is -0.167. The molecular formula is C71H122O6. The number of esters is 3. The van der Waals surface area contributed by atoms with Gasteiger partial charge in [0.25, 0.3) is 0 Å². The molecule has 77 heavy (non-hydrogen) atoms. The Bertz CT molecular complexity index is 1510. The fourth-order valence-electron chi connectivity index (χ4n) is 9.23. The van der Waals surface area contributed by atoms with Crippen LogP contribution in [-0.4, -0.2) is 37.2 Å². The van der Waals surface area contributed by atoms with E-state index in [4.69, 9.17) is 14.2 Å². The molecule has 0 aromatic heterocycles. The number of carbonyl (C=O) groups is 3. The van der Waals surface area contributed by atoms with Gasteiger partial charge in [-0.2, -0.15) is 0 Å². The largest absolute Gasteiger partial charge is 0.462 e. The maximum absolute atomic E-state index is 12.9. The Labute approximate surface area is 477 Å². The second-order valence-electron chi connectivity index (χ2n) is 21.7. The maximum atomic E-state index is 12.9. The minimum absolute atomic E-state index is 0.0834. The van der Waals surface area contributed by atoms with Gasteiger partial charge in [-0.3, -0.25) is 14.4 Å². The van der Waals surface area contributed by atoms with Crippen LogP contribution in [0.15, 0.2) is 97.2 Å². The average Bonchev–Trinajstić information content (AvgIpc) is 3.43. The first-order valence-corrected chi connectivity index (χ1v) is 32.7. The van der Waals surface area contributed by atoms with Crippen molar-refractivity contribution in [2.75, 3.05) is 13.2 Å². The second kappa shape index (κ2) is 64.9. The van der Waals surface area contributed by atoms with E-state index in [-0.39, 0.29) is 31.1 Å². The Balaban J connectivity index is 4.14. The summed E-state index contributed by atoms with van der Waals surface area (Å²) in [4.78, 5) is 38.0. The molecule has 0 saturated heterocycles. The summed E-state index contributed by atoms with van der Waals surface area (Å²) >= 11 is 0. The third-order valence-electron chi connectivity index (χ3n) is 14.1. The van der Waals surface area contributed by atoms with Crippen LogP contribution in [0.5, 0.6) is 0 Å². The summed E-state index contributed by atoms with van der Waals surface area (Å²) in [6.45, 7) is 6.48. The lowest BCUT2D eigenvalue weighted by atomic mass is 10.0. The molecule has 0 heterocycles. The predicted molar refractivity (Wildman–Crippen MR) is 334 cm³/mol. The Kier molecular flexibility index (Phi) is 61.8. The highest BCUT2D eigenvalue weighted by Gasteiger charge is 2.19. The molecule has 6 nitrogen and oxygen atoms in total. The van der Waals surface area contributed by atoms with Crippen molar-refractivity contribution < 1.29 is 28.6 Å². The summed E-state index contributed by atoms with van der Waals surface area (Å²) in [6.07, 6.45) is 87.4. The molecule has 6 heteroatoms. The van der Waals surface area contributed by atoms with E-state index in [9.17, 15) is 14.4 Å². The lowest BCUT2D eigenvalue weighted by Gasteiger charge is -2.18. The van der Waals surface area contributed by atoms with Crippen LogP contribution in [0.25, 0.3) is 0 Å². The number of ether oxygens (including phenoxy) is 3. The van der Waals surface area contributed by atoms with Gasteiger partial charge >= 0.3 is 17.9 Å². The molecular weight excluding hydrogens is 949 g/mol. The number of carbonyl (C=O) groups excluding carboxylic acids is 3. The second-order valence-corrected chi connectivity index (χ2v) is 21.7. The van der Waals surface area contributed by atoms with Gasteiger partial charge in [-0.1, -0.05) is 311 Å². The number of allylic oxidation sites excluding steroid dienone is 16. The van der Waals surface area contributed by atoms with Gasteiger partial charge in [0.05, 0.1) is 0 Å². The van der Waals surface area contributed by atoms with Gasteiger partial charge in [-0.15, -0.1) is 0 Å². The van der Waals surface area contributed by atoms with Crippen LogP contribution in [-0.2, 0) is 28.6 Å². The van der Waals surface area contributed by atoms with Crippen LogP contribution in [0.1, 0.15) is 316 Å². The predicted octanol–water partition coefficient (Wildman–Crippen LogP) is 22.4. The SMILES string of the molecule is CC/C=C\C/C=C\C/C=C\C/C=C\C/C=C\C/C=C\C/C=C\C/C=C\CCCCCCC(=O)OCC(COC(=O)CCCCCCCC)OC(=O)CCCCCCCCCCCCCCCCCCCCCCCCCC. The number of hydrogen-bond acceptors (Lipinski definition) is 6. The van der Waals surface area contributed by atoms with Crippen molar-refractivity contribution in [3.8, 4) is 0 Å². The van der Waals surface area contributed by atoms with Crippen molar-refractivity contribution in [1.82, 2.24) is 0 Å². The monoisotopic (exact) mass is 1070 g/mol. The van der Waals surface area contributed by atoms with Gasteiger partial charge < -0.3 is 14.2 Å². The highest BCUT2D eigenvalue weighted by atomic mass is 16.6. The molecule has 0 fully saturated rings. The zero-order chi connectivity index (χ0) is 55.7. The third-order valence-corrected chi connectivity index (χ3v) is 14.1. The normalized spacial score (nSPS) is 12.7. The summed E-state index contributed by atoms with van der Waals surface area (Å²) in [7, 11) is 0. The average molecular weight is 1070 g/mol. The van der Waals surface area contributed by atoms with E-state index in [1.54, 1.807) is 0 Å². The highest BCUT2D eigenvalue weighted by Crippen LogP contribution is 2.17. The molecule has 0 aliphatic rings. The Morgan fingerprint density at radius 1 is 0.273 bits per heavy atom. The first-order chi connectivity index (χ1) is 38.0. The number of hydrogen-bond donors (Lipinski definition) is 0. The highest BCUT2D eigenvalue weighted by molar-refractivity contribution is 5.71. The Hall–Kier alpha value is -3.67.